The first-order valence-electron chi connectivity index (χ1n) is 2.94. The van der Waals surface area contributed by atoms with Crippen LogP contribution in [0.3, 0.4) is 0 Å². The summed E-state index contributed by atoms with van der Waals surface area (Å²) >= 11 is 15.8. The van der Waals surface area contributed by atoms with Crippen LogP contribution in [0.2, 0.25) is 0 Å². The molecule has 0 bridgehead atoms. The standard InChI is InChI=1S/C4H7Cl3NO4P/c1-2(9)8-3(4(5,6)7)13(10,11)12/h3H,1H3,(H,8,9)(H2,10,11,12)/t3-/m0/s1. The molecule has 0 spiro atoms. The number of rotatable bonds is 2. The molecule has 0 fully saturated rings. The Hall–Kier alpha value is 0.490. The van der Waals surface area contributed by atoms with Gasteiger partial charge in [-0.15, -0.1) is 0 Å². The second kappa shape index (κ2) is 4.34. The Morgan fingerprint density at radius 1 is 1.46 bits per heavy atom. The maximum atomic E-state index is 10.7. The minimum Gasteiger partial charge on any atom is -0.339 e. The molecule has 0 aromatic heterocycles. The Kier molecular flexibility index (Phi) is 4.50. The van der Waals surface area contributed by atoms with Crippen molar-refractivity contribution >= 4 is 48.3 Å². The number of carbonyl (C=O) groups is 1. The molecule has 0 rings (SSSR count). The van der Waals surface area contributed by atoms with Crippen LogP contribution in [0.15, 0.2) is 0 Å². The first-order chi connectivity index (χ1) is 5.55. The topological polar surface area (TPSA) is 86.6 Å². The average molecular weight is 270 g/mol. The Balaban J connectivity index is 4.79. The number of nitrogens with one attached hydrogen (secondary N) is 1. The SMILES string of the molecule is CC(=O)N[C@H](C(Cl)(Cl)Cl)P(=O)(O)O. The molecule has 0 saturated carbocycles. The van der Waals surface area contributed by atoms with E-state index >= 15 is 0 Å². The second-order valence-electron chi connectivity index (χ2n) is 2.23. The summed E-state index contributed by atoms with van der Waals surface area (Å²) in [5.41, 5.74) is 0. The van der Waals surface area contributed by atoms with Crippen molar-refractivity contribution in [2.45, 2.75) is 16.5 Å². The van der Waals surface area contributed by atoms with Crippen molar-refractivity contribution in [2.24, 2.45) is 0 Å². The molecule has 1 amide bonds. The fourth-order valence-corrected chi connectivity index (χ4v) is 2.59. The zero-order chi connectivity index (χ0) is 10.9. The van der Waals surface area contributed by atoms with Gasteiger partial charge in [-0.05, 0) is 0 Å². The van der Waals surface area contributed by atoms with Crippen molar-refractivity contribution in [3.63, 3.8) is 0 Å². The van der Waals surface area contributed by atoms with Gasteiger partial charge < -0.3 is 15.1 Å². The summed E-state index contributed by atoms with van der Waals surface area (Å²) in [4.78, 5) is 27.9. The van der Waals surface area contributed by atoms with Crippen molar-refractivity contribution < 1.29 is 19.1 Å². The summed E-state index contributed by atoms with van der Waals surface area (Å²) in [6.45, 7) is 1.05. The van der Waals surface area contributed by atoms with E-state index < -0.39 is 23.1 Å². The largest absolute Gasteiger partial charge is 0.352 e. The summed E-state index contributed by atoms with van der Waals surface area (Å²) in [7, 11) is -4.68. The fourth-order valence-electron chi connectivity index (χ4n) is 0.549. The van der Waals surface area contributed by atoms with E-state index in [2.05, 4.69) is 0 Å². The van der Waals surface area contributed by atoms with Gasteiger partial charge in [-0.25, -0.2) is 0 Å². The lowest BCUT2D eigenvalue weighted by Crippen LogP contribution is -2.42. The highest BCUT2D eigenvalue weighted by molar-refractivity contribution is 7.53. The normalized spacial score (nSPS) is 15.2. The number of hydrogen-bond acceptors (Lipinski definition) is 2. The van der Waals surface area contributed by atoms with E-state index in [0.29, 0.717) is 0 Å². The van der Waals surface area contributed by atoms with Crippen molar-refractivity contribution in [1.82, 2.24) is 5.32 Å². The summed E-state index contributed by atoms with van der Waals surface area (Å²) < 4.78 is 8.49. The Labute approximate surface area is 89.5 Å². The molecule has 0 aliphatic heterocycles. The smallest absolute Gasteiger partial charge is 0.339 e. The predicted molar refractivity (Wildman–Crippen MR) is 49.9 cm³/mol. The van der Waals surface area contributed by atoms with E-state index in [1.54, 1.807) is 0 Å². The molecule has 0 aromatic rings. The first kappa shape index (κ1) is 13.5. The average Bonchev–Trinajstić information content (AvgIpc) is 1.77. The highest BCUT2D eigenvalue weighted by atomic mass is 35.6. The predicted octanol–water partition coefficient (Wildman–Crippen LogP) is 0.996. The summed E-state index contributed by atoms with van der Waals surface area (Å²) in [6, 6.07) is 0. The zero-order valence-electron chi connectivity index (χ0n) is 6.37. The van der Waals surface area contributed by atoms with Gasteiger partial charge in [-0.3, -0.25) is 9.36 Å². The fraction of sp³-hybridized carbons (Fsp3) is 0.750. The van der Waals surface area contributed by atoms with Gasteiger partial charge >= 0.3 is 7.60 Å². The molecule has 9 heteroatoms. The van der Waals surface area contributed by atoms with E-state index in [1.807, 2.05) is 5.32 Å². The van der Waals surface area contributed by atoms with Crippen molar-refractivity contribution in [3.8, 4) is 0 Å². The van der Waals surface area contributed by atoms with Crippen molar-refractivity contribution in [1.29, 1.82) is 0 Å². The molecule has 0 heterocycles. The summed E-state index contributed by atoms with van der Waals surface area (Å²) in [6.07, 6.45) is 0. The van der Waals surface area contributed by atoms with Crippen LogP contribution in [0.1, 0.15) is 6.92 Å². The third-order valence-corrected chi connectivity index (χ3v) is 3.29. The molecule has 13 heavy (non-hydrogen) atoms. The van der Waals surface area contributed by atoms with Gasteiger partial charge in [0, 0.05) is 6.92 Å². The monoisotopic (exact) mass is 269 g/mol. The molecule has 1 atom stereocenters. The molecule has 0 aromatic carbocycles. The van der Waals surface area contributed by atoms with Crippen LogP contribution in [-0.2, 0) is 9.36 Å². The van der Waals surface area contributed by atoms with Crippen LogP contribution in [0, 0.1) is 0 Å². The Morgan fingerprint density at radius 2 is 1.85 bits per heavy atom. The maximum Gasteiger partial charge on any atom is 0.352 e. The molecule has 5 nitrogen and oxygen atoms in total. The zero-order valence-corrected chi connectivity index (χ0v) is 9.53. The van der Waals surface area contributed by atoms with Crippen molar-refractivity contribution in [2.75, 3.05) is 0 Å². The third-order valence-electron chi connectivity index (χ3n) is 0.986. The summed E-state index contributed by atoms with van der Waals surface area (Å²) in [5, 5.41) is 1.86. The minimum atomic E-state index is -4.68. The van der Waals surface area contributed by atoms with Gasteiger partial charge in [-0.1, -0.05) is 34.8 Å². The van der Waals surface area contributed by atoms with Crippen LogP contribution in [-0.4, -0.2) is 25.3 Å². The van der Waals surface area contributed by atoms with Crippen LogP contribution in [0.5, 0.6) is 0 Å². The molecule has 0 saturated heterocycles. The van der Waals surface area contributed by atoms with Crippen LogP contribution in [0.4, 0.5) is 0 Å². The van der Waals surface area contributed by atoms with Gasteiger partial charge in [0.2, 0.25) is 9.70 Å². The lowest BCUT2D eigenvalue weighted by atomic mass is 10.6. The molecule has 0 unspecified atom stereocenters. The maximum absolute atomic E-state index is 10.7. The van der Waals surface area contributed by atoms with E-state index in [9.17, 15) is 9.36 Å². The molecule has 78 valence electrons. The highest BCUT2D eigenvalue weighted by Gasteiger charge is 2.45. The third kappa shape index (κ3) is 5.05. The van der Waals surface area contributed by atoms with Crippen LogP contribution < -0.4 is 5.32 Å². The highest BCUT2D eigenvalue weighted by Crippen LogP contribution is 2.50. The van der Waals surface area contributed by atoms with Gasteiger partial charge in [0.1, 0.15) is 0 Å². The number of hydrogen-bond donors (Lipinski definition) is 3. The van der Waals surface area contributed by atoms with Crippen molar-refractivity contribution in [3.05, 3.63) is 0 Å². The molecule has 3 N–H and O–H groups in total. The van der Waals surface area contributed by atoms with E-state index in [4.69, 9.17) is 44.6 Å². The molecule has 0 radical (unpaired) electrons. The Bertz CT molecular complexity index is 246. The van der Waals surface area contributed by atoms with Gasteiger partial charge in [-0.2, -0.15) is 0 Å². The number of alkyl halides is 3. The number of halogens is 3. The Morgan fingerprint density at radius 3 is 1.92 bits per heavy atom. The number of carbonyl (C=O) groups excluding carboxylic acids is 1. The molecule has 0 aliphatic carbocycles. The van der Waals surface area contributed by atoms with E-state index in [1.165, 1.54) is 0 Å². The first-order valence-corrected chi connectivity index (χ1v) is 5.75. The van der Waals surface area contributed by atoms with Gasteiger partial charge in [0.05, 0.1) is 0 Å². The van der Waals surface area contributed by atoms with E-state index in [-0.39, 0.29) is 0 Å². The second-order valence-corrected chi connectivity index (χ2v) is 6.30. The molecule has 0 aliphatic rings. The van der Waals surface area contributed by atoms with Gasteiger partial charge in [0.15, 0.2) is 5.78 Å². The quantitative estimate of drug-likeness (QED) is 0.516. The summed E-state index contributed by atoms with van der Waals surface area (Å²) in [5.74, 6) is -2.53. The minimum absolute atomic E-state index is 0.695. The molecular weight excluding hydrogens is 263 g/mol. The lowest BCUT2D eigenvalue weighted by molar-refractivity contribution is -0.119. The van der Waals surface area contributed by atoms with Crippen LogP contribution in [0.25, 0.3) is 0 Å². The van der Waals surface area contributed by atoms with E-state index in [0.717, 1.165) is 6.92 Å². The number of amides is 1. The lowest BCUT2D eigenvalue weighted by Gasteiger charge is -2.25. The molecular formula is C4H7Cl3NO4P. The van der Waals surface area contributed by atoms with Gasteiger partial charge in [0.25, 0.3) is 0 Å². The van der Waals surface area contributed by atoms with Crippen LogP contribution >= 0.6 is 42.4 Å².